The zero-order valence-corrected chi connectivity index (χ0v) is 13.9. The minimum Gasteiger partial charge on any atom is -0.103 e. The Kier molecular flexibility index (Phi) is 3.13. The van der Waals surface area contributed by atoms with Crippen LogP contribution >= 0.6 is 0 Å². The summed E-state index contributed by atoms with van der Waals surface area (Å²) in [7, 11) is -1.21. The quantitative estimate of drug-likeness (QED) is 0.522. The van der Waals surface area contributed by atoms with Gasteiger partial charge in [0.05, 0.1) is 8.07 Å². The van der Waals surface area contributed by atoms with Crippen molar-refractivity contribution in [3.8, 4) is 0 Å². The molecule has 0 aromatic heterocycles. The van der Waals surface area contributed by atoms with Crippen molar-refractivity contribution in [2.75, 3.05) is 0 Å². The normalized spacial score (nSPS) is 25.9. The minimum absolute atomic E-state index is 0.227. The Hall–Kier alpha value is -1.34. The summed E-state index contributed by atoms with van der Waals surface area (Å²) >= 11 is 0. The SMILES string of the molecule is C=CCC12C=C/C(=C\[Si](C)(C)C)c3cccc(c31)CC2. The van der Waals surface area contributed by atoms with Crippen molar-refractivity contribution >= 4 is 13.6 Å². The van der Waals surface area contributed by atoms with Gasteiger partial charge in [0, 0.05) is 5.41 Å². The van der Waals surface area contributed by atoms with E-state index in [1.165, 1.54) is 24.0 Å². The van der Waals surface area contributed by atoms with Crippen LogP contribution in [-0.2, 0) is 11.8 Å². The van der Waals surface area contributed by atoms with Crippen molar-refractivity contribution in [3.63, 3.8) is 0 Å². The van der Waals surface area contributed by atoms with E-state index in [0.29, 0.717) is 0 Å². The molecule has 0 saturated heterocycles. The minimum atomic E-state index is -1.21. The molecular weight excluding hydrogens is 256 g/mol. The first kappa shape index (κ1) is 13.6. The van der Waals surface area contributed by atoms with Gasteiger partial charge in [0.25, 0.3) is 0 Å². The van der Waals surface area contributed by atoms with Gasteiger partial charge in [0.15, 0.2) is 0 Å². The maximum Gasteiger partial charge on any atom is 0.0695 e. The number of rotatable bonds is 3. The fourth-order valence-electron chi connectivity index (χ4n) is 3.75. The van der Waals surface area contributed by atoms with Gasteiger partial charge in [-0.3, -0.25) is 0 Å². The van der Waals surface area contributed by atoms with Crippen LogP contribution in [0.1, 0.15) is 29.5 Å². The lowest BCUT2D eigenvalue weighted by Crippen LogP contribution is -2.24. The number of hydrogen-bond acceptors (Lipinski definition) is 0. The molecule has 1 aromatic carbocycles. The molecular formula is C19H24Si. The van der Waals surface area contributed by atoms with Crippen LogP contribution in [0, 0.1) is 0 Å². The lowest BCUT2D eigenvalue weighted by atomic mass is 9.72. The van der Waals surface area contributed by atoms with E-state index in [1.807, 2.05) is 0 Å². The molecule has 104 valence electrons. The van der Waals surface area contributed by atoms with E-state index in [9.17, 15) is 0 Å². The van der Waals surface area contributed by atoms with E-state index >= 15 is 0 Å². The summed E-state index contributed by atoms with van der Waals surface area (Å²) < 4.78 is 0. The highest BCUT2D eigenvalue weighted by atomic mass is 28.3. The Morgan fingerprint density at radius 2 is 2.10 bits per heavy atom. The first-order valence-corrected chi connectivity index (χ1v) is 11.2. The maximum absolute atomic E-state index is 3.98. The summed E-state index contributed by atoms with van der Waals surface area (Å²) in [6.07, 6.45) is 10.4. The van der Waals surface area contributed by atoms with Gasteiger partial charge in [-0.25, -0.2) is 0 Å². The van der Waals surface area contributed by atoms with Gasteiger partial charge in [-0.2, -0.15) is 0 Å². The molecule has 1 heteroatoms. The summed E-state index contributed by atoms with van der Waals surface area (Å²) in [4.78, 5) is 0. The smallest absolute Gasteiger partial charge is 0.0695 e. The average molecular weight is 280 g/mol. The summed E-state index contributed by atoms with van der Waals surface area (Å²) in [5, 5.41) is 0. The highest BCUT2D eigenvalue weighted by Crippen LogP contribution is 2.49. The van der Waals surface area contributed by atoms with Gasteiger partial charge in [-0.05, 0) is 41.5 Å². The molecule has 0 fully saturated rings. The standard InChI is InChI=1S/C19H24Si/c1-5-11-19-12-9-15-7-6-8-17(18(15)19)16(10-13-19)14-20(2,3)4/h5-8,10,13-14H,1,9,11-12H2,2-4H3/b16-14+. The van der Waals surface area contributed by atoms with Crippen LogP contribution in [0.2, 0.25) is 19.6 Å². The van der Waals surface area contributed by atoms with Crippen LogP contribution in [0.15, 0.2) is 48.7 Å². The predicted molar refractivity (Wildman–Crippen MR) is 91.7 cm³/mol. The topological polar surface area (TPSA) is 0 Å². The molecule has 1 aromatic rings. The van der Waals surface area contributed by atoms with Gasteiger partial charge in [0.2, 0.25) is 0 Å². The molecule has 0 aliphatic heterocycles. The molecule has 2 aliphatic rings. The van der Waals surface area contributed by atoms with E-state index in [4.69, 9.17) is 0 Å². The third-order valence-corrected chi connectivity index (χ3v) is 5.66. The van der Waals surface area contributed by atoms with Crippen molar-refractivity contribution in [3.05, 3.63) is 65.4 Å². The molecule has 0 bridgehead atoms. The Morgan fingerprint density at radius 3 is 2.80 bits per heavy atom. The zero-order valence-electron chi connectivity index (χ0n) is 12.9. The fourth-order valence-corrected chi connectivity index (χ4v) is 4.93. The Bertz CT molecular complexity index is 613. The molecule has 0 saturated carbocycles. The first-order valence-electron chi connectivity index (χ1n) is 7.61. The van der Waals surface area contributed by atoms with Crippen LogP contribution in [0.5, 0.6) is 0 Å². The molecule has 0 N–H and O–H groups in total. The Morgan fingerprint density at radius 1 is 1.30 bits per heavy atom. The molecule has 1 unspecified atom stereocenters. The lowest BCUT2D eigenvalue weighted by molar-refractivity contribution is 0.535. The second-order valence-corrected chi connectivity index (χ2v) is 12.3. The van der Waals surface area contributed by atoms with Crippen LogP contribution < -0.4 is 0 Å². The van der Waals surface area contributed by atoms with Gasteiger partial charge in [0.1, 0.15) is 0 Å². The first-order chi connectivity index (χ1) is 9.45. The van der Waals surface area contributed by atoms with Crippen LogP contribution in [-0.4, -0.2) is 8.07 Å². The highest BCUT2D eigenvalue weighted by molar-refractivity contribution is 6.81. The van der Waals surface area contributed by atoms with Gasteiger partial charge < -0.3 is 0 Å². The molecule has 0 amide bonds. The molecule has 0 spiro atoms. The monoisotopic (exact) mass is 280 g/mol. The molecule has 1 atom stereocenters. The van der Waals surface area contributed by atoms with Crippen LogP contribution in [0.4, 0.5) is 0 Å². The fraction of sp³-hybridized carbons (Fsp3) is 0.368. The zero-order chi connectivity index (χ0) is 14.4. The van der Waals surface area contributed by atoms with E-state index in [2.05, 4.69) is 68.3 Å². The van der Waals surface area contributed by atoms with Gasteiger partial charge in [-0.1, -0.05) is 61.8 Å². The van der Waals surface area contributed by atoms with Crippen molar-refractivity contribution in [1.29, 1.82) is 0 Å². The summed E-state index contributed by atoms with van der Waals surface area (Å²) in [6, 6.07) is 6.86. The van der Waals surface area contributed by atoms with E-state index in [1.54, 1.807) is 11.1 Å². The van der Waals surface area contributed by atoms with E-state index < -0.39 is 8.07 Å². The number of hydrogen-bond donors (Lipinski definition) is 0. The van der Waals surface area contributed by atoms with Crippen molar-refractivity contribution in [2.24, 2.45) is 0 Å². The molecule has 3 rings (SSSR count). The largest absolute Gasteiger partial charge is 0.103 e. The van der Waals surface area contributed by atoms with Crippen molar-refractivity contribution in [2.45, 2.75) is 44.3 Å². The number of aryl methyl sites for hydroxylation is 1. The predicted octanol–water partition coefficient (Wildman–Crippen LogP) is 5.28. The maximum atomic E-state index is 3.98. The second-order valence-electron chi connectivity index (χ2n) is 7.29. The summed E-state index contributed by atoms with van der Waals surface area (Å²) in [6.45, 7) is 11.2. The van der Waals surface area contributed by atoms with Crippen molar-refractivity contribution in [1.82, 2.24) is 0 Å². The Balaban J connectivity index is 2.20. The van der Waals surface area contributed by atoms with Crippen molar-refractivity contribution < 1.29 is 0 Å². The molecule has 0 radical (unpaired) electrons. The number of allylic oxidation sites excluding steroid dienone is 4. The second kappa shape index (κ2) is 4.59. The van der Waals surface area contributed by atoms with E-state index in [0.717, 1.165) is 6.42 Å². The third kappa shape index (κ3) is 2.14. The van der Waals surface area contributed by atoms with Gasteiger partial charge >= 0.3 is 0 Å². The lowest BCUT2D eigenvalue weighted by Gasteiger charge is -2.32. The van der Waals surface area contributed by atoms with Gasteiger partial charge in [-0.15, -0.1) is 6.58 Å². The summed E-state index contributed by atoms with van der Waals surface area (Å²) in [5.41, 5.74) is 8.83. The van der Waals surface area contributed by atoms with Crippen LogP contribution in [0.3, 0.4) is 0 Å². The molecule has 0 heterocycles. The molecule has 20 heavy (non-hydrogen) atoms. The van der Waals surface area contributed by atoms with Crippen LogP contribution in [0.25, 0.3) is 5.57 Å². The molecule has 0 nitrogen and oxygen atoms in total. The average Bonchev–Trinajstić information content (AvgIpc) is 2.74. The highest BCUT2D eigenvalue weighted by Gasteiger charge is 2.39. The third-order valence-electron chi connectivity index (χ3n) is 4.48. The number of benzene rings is 1. The Labute approximate surface area is 123 Å². The molecule has 2 aliphatic carbocycles. The summed E-state index contributed by atoms with van der Waals surface area (Å²) in [5.74, 6) is 0. The van der Waals surface area contributed by atoms with E-state index in [-0.39, 0.29) is 5.41 Å².